The number of imide groups is 2. The highest BCUT2D eigenvalue weighted by atomic mass is 32.2. The summed E-state index contributed by atoms with van der Waals surface area (Å²) in [6, 6.07) is 3.60. The number of aryl methyl sites for hydroxylation is 1. The van der Waals surface area contributed by atoms with E-state index in [1.807, 2.05) is 20.8 Å². The van der Waals surface area contributed by atoms with E-state index in [9.17, 15) is 23.3 Å². The summed E-state index contributed by atoms with van der Waals surface area (Å²) in [4.78, 5) is 39.6. The monoisotopic (exact) mass is 493 g/mol. The fourth-order valence-electron chi connectivity index (χ4n) is 5.01. The summed E-state index contributed by atoms with van der Waals surface area (Å²) < 4.78 is 35.3. The van der Waals surface area contributed by atoms with Crippen molar-refractivity contribution < 1.29 is 28.1 Å². The molecular weight excluding hydrogens is 461 g/mol. The first-order valence-corrected chi connectivity index (χ1v) is 12.9. The molecule has 4 rings (SSSR count). The van der Waals surface area contributed by atoms with Crippen molar-refractivity contribution in [3.63, 3.8) is 0 Å². The van der Waals surface area contributed by atoms with Gasteiger partial charge in [-0.05, 0) is 82.6 Å². The third-order valence-electron chi connectivity index (χ3n) is 6.97. The van der Waals surface area contributed by atoms with Crippen molar-refractivity contribution in [3.05, 3.63) is 35.1 Å². The molecule has 8 nitrogen and oxygen atoms in total. The van der Waals surface area contributed by atoms with Gasteiger partial charge in [0.1, 0.15) is 16.5 Å². The van der Waals surface area contributed by atoms with Gasteiger partial charge in [-0.25, -0.2) is 9.18 Å². The number of nitrogens with one attached hydrogen (secondary N) is 2. The van der Waals surface area contributed by atoms with Gasteiger partial charge in [-0.2, -0.15) is 0 Å². The SMILES string of the molecule is CC(C)(C)[S+]([O-])N[C@@]1(CC[C@H]2C(=O)NC(=O)N(C3CCOCC3)C2=O)CCc2ccc(F)cc21. The molecule has 2 N–H and O–H groups in total. The fourth-order valence-corrected chi connectivity index (χ4v) is 5.98. The molecule has 4 amide bonds. The van der Waals surface area contributed by atoms with Crippen molar-refractivity contribution >= 4 is 29.2 Å². The molecule has 34 heavy (non-hydrogen) atoms. The van der Waals surface area contributed by atoms with Crippen LogP contribution >= 0.6 is 0 Å². The molecule has 2 aliphatic heterocycles. The summed E-state index contributed by atoms with van der Waals surface area (Å²) >= 11 is -1.46. The van der Waals surface area contributed by atoms with E-state index in [1.54, 1.807) is 6.07 Å². The first-order valence-electron chi connectivity index (χ1n) is 11.8. The number of halogens is 1. The lowest BCUT2D eigenvalue weighted by Crippen LogP contribution is -2.62. The summed E-state index contributed by atoms with van der Waals surface area (Å²) in [5, 5.41) is 2.33. The number of rotatable bonds is 6. The summed E-state index contributed by atoms with van der Waals surface area (Å²) in [5.41, 5.74) is 0.825. The highest BCUT2D eigenvalue weighted by Crippen LogP contribution is 2.43. The Bertz CT molecular complexity index is 978. The van der Waals surface area contributed by atoms with Gasteiger partial charge < -0.3 is 9.29 Å². The van der Waals surface area contributed by atoms with Gasteiger partial charge in [-0.1, -0.05) is 6.07 Å². The number of nitrogens with zero attached hydrogens (tertiary/aromatic N) is 1. The van der Waals surface area contributed by atoms with Crippen LogP contribution in [0.15, 0.2) is 18.2 Å². The van der Waals surface area contributed by atoms with Gasteiger partial charge in [-0.3, -0.25) is 19.8 Å². The zero-order chi connectivity index (χ0) is 24.7. The topological polar surface area (TPSA) is 111 Å². The molecule has 0 saturated carbocycles. The predicted molar refractivity (Wildman–Crippen MR) is 124 cm³/mol. The largest absolute Gasteiger partial charge is 0.598 e. The van der Waals surface area contributed by atoms with Crippen LogP contribution in [0.3, 0.4) is 0 Å². The standard InChI is InChI=1S/C24H32FN3O5S/c1-23(2,3)34(32)27-24(10-6-15-4-5-16(25)14-19(15)24)11-7-18-20(29)26-22(31)28(21(18)30)17-8-12-33-13-9-17/h4-5,14,17-18,27H,6-13H2,1-3H3,(H,26,29,31)/t18-,24+,34?/m0/s1. The van der Waals surface area contributed by atoms with Crippen molar-refractivity contribution in [1.29, 1.82) is 0 Å². The van der Waals surface area contributed by atoms with Crippen molar-refractivity contribution in [3.8, 4) is 0 Å². The van der Waals surface area contributed by atoms with Gasteiger partial charge in [0.15, 0.2) is 0 Å². The van der Waals surface area contributed by atoms with Gasteiger partial charge in [0.05, 0.1) is 5.54 Å². The highest BCUT2D eigenvalue weighted by Gasteiger charge is 2.48. The molecule has 3 atom stereocenters. The Labute approximate surface area is 202 Å². The number of urea groups is 1. The van der Waals surface area contributed by atoms with Gasteiger partial charge >= 0.3 is 6.03 Å². The van der Waals surface area contributed by atoms with E-state index in [-0.39, 0.29) is 12.5 Å². The molecule has 10 heteroatoms. The fraction of sp³-hybridized carbons (Fsp3) is 0.625. The second-order valence-corrected chi connectivity index (χ2v) is 12.3. The number of benzene rings is 1. The third-order valence-corrected chi connectivity index (χ3v) is 8.66. The molecule has 1 aromatic carbocycles. The number of ether oxygens (including phenoxy) is 1. The number of amides is 4. The van der Waals surface area contributed by atoms with Crippen LogP contribution in [0.1, 0.15) is 64.0 Å². The normalized spacial score (nSPS) is 27.0. The summed E-state index contributed by atoms with van der Waals surface area (Å²) in [6.45, 7) is 6.45. The molecule has 2 saturated heterocycles. The van der Waals surface area contributed by atoms with Gasteiger partial charge in [-0.15, -0.1) is 4.72 Å². The molecule has 0 radical (unpaired) electrons. The number of barbiturate groups is 1. The molecule has 0 bridgehead atoms. The van der Waals surface area contributed by atoms with Crippen LogP contribution in [0.4, 0.5) is 9.18 Å². The molecule has 2 heterocycles. The molecular formula is C24H32FN3O5S. The Hall–Kier alpha value is -2.01. The second kappa shape index (κ2) is 9.56. The molecule has 0 aromatic heterocycles. The van der Waals surface area contributed by atoms with E-state index in [4.69, 9.17) is 4.74 Å². The average molecular weight is 494 g/mol. The zero-order valence-corrected chi connectivity index (χ0v) is 20.6. The minimum Gasteiger partial charge on any atom is -0.598 e. The molecule has 2 fully saturated rings. The quantitative estimate of drug-likeness (QED) is 0.466. The number of hydrogen-bond acceptors (Lipinski definition) is 6. The van der Waals surface area contributed by atoms with Gasteiger partial charge in [0.2, 0.25) is 11.8 Å². The Kier molecular flexibility index (Phi) is 7.06. The van der Waals surface area contributed by atoms with Gasteiger partial charge in [0.25, 0.3) is 0 Å². The lowest BCUT2D eigenvalue weighted by molar-refractivity contribution is -0.145. The molecule has 1 aromatic rings. The number of fused-ring (bicyclic) bond motifs is 1. The van der Waals surface area contributed by atoms with E-state index < -0.39 is 51.2 Å². The first-order chi connectivity index (χ1) is 16.0. The average Bonchev–Trinajstić information content (AvgIpc) is 3.11. The Morgan fingerprint density at radius 1 is 1.26 bits per heavy atom. The molecule has 186 valence electrons. The number of hydrogen-bond donors (Lipinski definition) is 2. The highest BCUT2D eigenvalue weighted by molar-refractivity contribution is 7.90. The van der Waals surface area contributed by atoms with Crippen molar-refractivity contribution in [2.75, 3.05) is 13.2 Å². The maximum atomic E-state index is 14.2. The summed E-state index contributed by atoms with van der Waals surface area (Å²) in [7, 11) is 0. The third kappa shape index (κ3) is 4.86. The molecule has 3 aliphatic rings. The van der Waals surface area contributed by atoms with Crippen molar-refractivity contribution in [1.82, 2.24) is 14.9 Å². The Balaban J connectivity index is 1.59. The summed E-state index contributed by atoms with van der Waals surface area (Å²) in [5.74, 6) is -2.57. The van der Waals surface area contributed by atoms with Gasteiger partial charge in [0, 0.05) is 30.6 Å². The van der Waals surface area contributed by atoms with Crippen LogP contribution in [0.5, 0.6) is 0 Å². The molecule has 0 spiro atoms. The maximum absolute atomic E-state index is 14.2. The van der Waals surface area contributed by atoms with Crippen LogP contribution in [-0.4, -0.2) is 51.3 Å². The van der Waals surface area contributed by atoms with Crippen LogP contribution in [0, 0.1) is 11.7 Å². The minimum atomic E-state index is -1.46. The van der Waals surface area contributed by atoms with Crippen LogP contribution in [0.2, 0.25) is 0 Å². The predicted octanol–water partition coefficient (Wildman–Crippen LogP) is 2.67. The van der Waals surface area contributed by atoms with Crippen LogP contribution in [0.25, 0.3) is 0 Å². The number of carbonyl (C=O) groups excluding carboxylic acids is 3. The van der Waals surface area contributed by atoms with Crippen molar-refractivity contribution in [2.45, 2.75) is 75.6 Å². The lowest BCUT2D eigenvalue weighted by atomic mass is 9.84. The Morgan fingerprint density at radius 3 is 2.65 bits per heavy atom. The van der Waals surface area contributed by atoms with E-state index in [1.165, 1.54) is 17.0 Å². The lowest BCUT2D eigenvalue weighted by Gasteiger charge is -2.39. The first kappa shape index (κ1) is 25.1. The Morgan fingerprint density at radius 2 is 1.97 bits per heavy atom. The maximum Gasteiger partial charge on any atom is 0.331 e. The second-order valence-electron chi connectivity index (χ2n) is 10.3. The van der Waals surface area contributed by atoms with E-state index >= 15 is 0 Å². The molecule has 1 unspecified atom stereocenters. The van der Waals surface area contributed by atoms with E-state index in [0.717, 1.165) is 5.56 Å². The molecule has 1 aliphatic carbocycles. The van der Waals surface area contributed by atoms with E-state index in [2.05, 4.69) is 10.0 Å². The minimum absolute atomic E-state index is 0.141. The summed E-state index contributed by atoms with van der Waals surface area (Å²) in [6.07, 6.45) is 2.73. The van der Waals surface area contributed by atoms with Crippen LogP contribution in [-0.2, 0) is 37.6 Å². The van der Waals surface area contributed by atoms with Crippen LogP contribution < -0.4 is 10.0 Å². The van der Waals surface area contributed by atoms with E-state index in [0.29, 0.717) is 50.9 Å². The zero-order valence-electron chi connectivity index (χ0n) is 19.8. The number of carbonyl (C=O) groups is 3. The smallest absolute Gasteiger partial charge is 0.331 e. The van der Waals surface area contributed by atoms with Crippen molar-refractivity contribution in [2.24, 2.45) is 5.92 Å².